The lowest BCUT2D eigenvalue weighted by atomic mass is 10.1. The summed E-state index contributed by atoms with van der Waals surface area (Å²) in [5, 5.41) is 12.3. The Morgan fingerprint density at radius 2 is 2.00 bits per heavy atom. The summed E-state index contributed by atoms with van der Waals surface area (Å²) in [7, 11) is -2.32. The average Bonchev–Trinajstić information content (AvgIpc) is 3.16. The quantitative estimate of drug-likeness (QED) is 0.797. The summed E-state index contributed by atoms with van der Waals surface area (Å²) in [5.41, 5.74) is 1.70. The number of hydrogen-bond acceptors (Lipinski definition) is 6. The third kappa shape index (κ3) is 3.14. The van der Waals surface area contributed by atoms with Crippen molar-refractivity contribution in [1.82, 2.24) is 19.8 Å². The molecule has 2 aromatic rings. The van der Waals surface area contributed by atoms with Crippen molar-refractivity contribution in [2.45, 2.75) is 11.6 Å². The highest BCUT2D eigenvalue weighted by atomic mass is 32.2. The second kappa shape index (κ2) is 5.92. The monoisotopic (exact) mass is 333 g/mol. The SMILES string of the molecule is Cn1cnnc1S(=O)(=O)CC(=O)N1CCC(c2ccccc2)=N1. The van der Waals surface area contributed by atoms with Crippen LogP contribution in [-0.4, -0.2) is 52.1 Å². The average molecular weight is 333 g/mol. The van der Waals surface area contributed by atoms with Crippen LogP contribution in [0.3, 0.4) is 0 Å². The number of nitrogens with zero attached hydrogens (tertiary/aromatic N) is 5. The summed E-state index contributed by atoms with van der Waals surface area (Å²) in [5.74, 6) is -1.25. The normalized spacial score (nSPS) is 14.8. The molecule has 0 aliphatic carbocycles. The fourth-order valence-electron chi connectivity index (χ4n) is 2.33. The smallest absolute Gasteiger partial charge is 0.258 e. The first kappa shape index (κ1) is 15.3. The Morgan fingerprint density at radius 1 is 1.26 bits per heavy atom. The lowest BCUT2D eigenvalue weighted by Gasteiger charge is -2.11. The zero-order valence-electron chi connectivity index (χ0n) is 12.5. The molecule has 1 aliphatic heterocycles. The van der Waals surface area contributed by atoms with Crippen molar-refractivity contribution < 1.29 is 13.2 Å². The first-order valence-electron chi connectivity index (χ1n) is 6.97. The molecule has 1 aromatic carbocycles. The molecule has 0 atom stereocenters. The van der Waals surface area contributed by atoms with Gasteiger partial charge in [-0.05, 0) is 5.56 Å². The maximum absolute atomic E-state index is 12.2. The highest BCUT2D eigenvalue weighted by Crippen LogP contribution is 2.15. The zero-order chi connectivity index (χ0) is 16.4. The van der Waals surface area contributed by atoms with Gasteiger partial charge in [-0.15, -0.1) is 10.2 Å². The summed E-state index contributed by atoms with van der Waals surface area (Å²) >= 11 is 0. The van der Waals surface area contributed by atoms with E-state index in [0.717, 1.165) is 11.3 Å². The van der Waals surface area contributed by atoms with Gasteiger partial charge in [-0.3, -0.25) is 4.79 Å². The van der Waals surface area contributed by atoms with E-state index in [1.54, 1.807) is 0 Å². The van der Waals surface area contributed by atoms with Crippen molar-refractivity contribution >= 4 is 21.5 Å². The Labute approximate surface area is 133 Å². The van der Waals surface area contributed by atoms with Crippen LogP contribution in [0.15, 0.2) is 46.9 Å². The van der Waals surface area contributed by atoms with Gasteiger partial charge in [0, 0.05) is 13.5 Å². The topological polar surface area (TPSA) is 97.5 Å². The number of aryl methyl sites for hydroxylation is 1. The van der Waals surface area contributed by atoms with Crippen molar-refractivity contribution in [3.05, 3.63) is 42.2 Å². The Morgan fingerprint density at radius 3 is 2.65 bits per heavy atom. The van der Waals surface area contributed by atoms with Crippen LogP contribution in [0.25, 0.3) is 0 Å². The number of hydrazone groups is 1. The van der Waals surface area contributed by atoms with Crippen molar-refractivity contribution in [2.24, 2.45) is 12.1 Å². The van der Waals surface area contributed by atoms with Gasteiger partial charge >= 0.3 is 0 Å². The summed E-state index contributed by atoms with van der Waals surface area (Å²) in [4.78, 5) is 12.2. The number of amides is 1. The van der Waals surface area contributed by atoms with Crippen molar-refractivity contribution in [3.63, 3.8) is 0 Å². The van der Waals surface area contributed by atoms with Gasteiger partial charge in [-0.2, -0.15) is 5.10 Å². The van der Waals surface area contributed by atoms with E-state index in [1.165, 1.54) is 23.0 Å². The number of hydrogen-bond donors (Lipinski definition) is 0. The van der Waals surface area contributed by atoms with E-state index in [9.17, 15) is 13.2 Å². The Hall–Kier alpha value is -2.55. The minimum Gasteiger partial charge on any atom is -0.308 e. The molecule has 23 heavy (non-hydrogen) atoms. The van der Waals surface area contributed by atoms with Crippen LogP contribution in [0.5, 0.6) is 0 Å². The van der Waals surface area contributed by atoms with E-state index in [2.05, 4.69) is 15.3 Å². The number of carbonyl (C=O) groups is 1. The summed E-state index contributed by atoms with van der Waals surface area (Å²) in [6.45, 7) is 0.372. The van der Waals surface area contributed by atoms with Gasteiger partial charge < -0.3 is 4.57 Å². The van der Waals surface area contributed by atoms with Gasteiger partial charge in [0.15, 0.2) is 0 Å². The zero-order valence-corrected chi connectivity index (χ0v) is 13.3. The molecule has 0 fully saturated rings. The number of sulfone groups is 1. The van der Waals surface area contributed by atoms with E-state index in [-0.39, 0.29) is 5.16 Å². The molecule has 120 valence electrons. The number of benzene rings is 1. The first-order chi connectivity index (χ1) is 11.0. The van der Waals surface area contributed by atoms with Gasteiger partial charge in [0.05, 0.1) is 12.3 Å². The molecular weight excluding hydrogens is 318 g/mol. The second-order valence-corrected chi connectivity index (χ2v) is 7.05. The predicted octanol–water partition coefficient (Wildman–Crippen LogP) is 0.225. The van der Waals surface area contributed by atoms with E-state index in [0.29, 0.717) is 13.0 Å². The molecule has 0 radical (unpaired) electrons. The van der Waals surface area contributed by atoms with Gasteiger partial charge in [0.2, 0.25) is 15.0 Å². The number of aromatic nitrogens is 3. The fourth-order valence-corrected chi connectivity index (χ4v) is 3.59. The molecule has 0 spiro atoms. The molecule has 8 nitrogen and oxygen atoms in total. The molecule has 2 heterocycles. The van der Waals surface area contributed by atoms with Crippen LogP contribution in [0, 0.1) is 0 Å². The van der Waals surface area contributed by atoms with E-state index >= 15 is 0 Å². The van der Waals surface area contributed by atoms with E-state index < -0.39 is 21.5 Å². The Balaban J connectivity index is 1.75. The van der Waals surface area contributed by atoms with E-state index in [4.69, 9.17) is 0 Å². The highest BCUT2D eigenvalue weighted by Gasteiger charge is 2.29. The maximum Gasteiger partial charge on any atom is 0.258 e. The third-order valence-corrected chi connectivity index (χ3v) is 5.01. The minimum atomic E-state index is -3.84. The number of rotatable bonds is 4. The lowest BCUT2D eigenvalue weighted by molar-refractivity contribution is -0.127. The standard InChI is InChI=1S/C14H15N5O3S/c1-18-10-15-16-14(18)23(21,22)9-13(20)19-8-7-12(17-19)11-5-3-2-4-6-11/h2-6,10H,7-9H2,1H3. The van der Waals surface area contributed by atoms with Crippen molar-refractivity contribution in [1.29, 1.82) is 0 Å². The summed E-state index contributed by atoms with van der Waals surface area (Å²) in [6, 6.07) is 9.49. The molecule has 0 N–H and O–H groups in total. The van der Waals surface area contributed by atoms with Crippen LogP contribution in [0.1, 0.15) is 12.0 Å². The van der Waals surface area contributed by atoms with Crippen LogP contribution in [-0.2, 0) is 21.7 Å². The molecule has 1 aliphatic rings. The van der Waals surface area contributed by atoms with Crippen molar-refractivity contribution in [3.8, 4) is 0 Å². The number of carbonyl (C=O) groups excluding carboxylic acids is 1. The molecular formula is C14H15N5O3S. The summed E-state index contributed by atoms with van der Waals surface area (Å²) < 4.78 is 25.7. The van der Waals surface area contributed by atoms with Gasteiger partial charge in [-0.1, -0.05) is 30.3 Å². The second-order valence-electron chi connectivity index (χ2n) is 5.16. The van der Waals surface area contributed by atoms with Crippen LogP contribution in [0.2, 0.25) is 0 Å². The summed E-state index contributed by atoms with van der Waals surface area (Å²) in [6.07, 6.45) is 1.87. The fraction of sp³-hybridized carbons (Fsp3) is 0.286. The molecule has 1 aromatic heterocycles. The van der Waals surface area contributed by atoms with Gasteiger partial charge in [0.25, 0.3) is 5.91 Å². The van der Waals surface area contributed by atoms with Crippen molar-refractivity contribution in [2.75, 3.05) is 12.3 Å². The first-order valence-corrected chi connectivity index (χ1v) is 8.62. The maximum atomic E-state index is 12.2. The largest absolute Gasteiger partial charge is 0.308 e. The lowest BCUT2D eigenvalue weighted by Crippen LogP contribution is -2.31. The predicted molar refractivity (Wildman–Crippen MR) is 82.4 cm³/mol. The van der Waals surface area contributed by atoms with Crippen LogP contribution < -0.4 is 0 Å². The highest BCUT2D eigenvalue weighted by molar-refractivity contribution is 7.91. The van der Waals surface area contributed by atoms with Crippen LogP contribution in [0.4, 0.5) is 0 Å². The molecule has 3 rings (SSSR count). The van der Waals surface area contributed by atoms with Crippen LogP contribution >= 0.6 is 0 Å². The molecule has 1 amide bonds. The minimum absolute atomic E-state index is 0.225. The van der Waals surface area contributed by atoms with E-state index in [1.807, 2.05) is 30.3 Å². The molecule has 0 saturated heterocycles. The third-order valence-electron chi connectivity index (χ3n) is 3.46. The molecule has 9 heteroatoms. The Kier molecular flexibility index (Phi) is 3.95. The molecule has 0 saturated carbocycles. The van der Waals surface area contributed by atoms with Gasteiger partial charge in [-0.25, -0.2) is 13.4 Å². The Bertz CT molecular complexity index is 858. The molecule has 0 unspecified atom stereocenters. The molecule has 0 bridgehead atoms. The van der Waals surface area contributed by atoms with Gasteiger partial charge in [0.1, 0.15) is 12.1 Å².